The second-order valence-corrected chi connectivity index (χ2v) is 4.22. The second-order valence-electron chi connectivity index (χ2n) is 4.22. The minimum absolute atomic E-state index is 0.0671. The SMILES string of the molecule is CNC(c1ccc(F)cc1)c1ccc(CN)cc1. The number of hydrogen-bond acceptors (Lipinski definition) is 2. The van der Waals surface area contributed by atoms with E-state index in [0.29, 0.717) is 6.54 Å². The number of nitrogens with two attached hydrogens (primary N) is 1. The topological polar surface area (TPSA) is 38.0 Å². The minimum atomic E-state index is -0.216. The predicted octanol–water partition coefficient (Wildman–Crippen LogP) is 2.59. The number of hydrogen-bond donors (Lipinski definition) is 2. The zero-order valence-corrected chi connectivity index (χ0v) is 10.4. The summed E-state index contributed by atoms with van der Waals surface area (Å²) < 4.78 is 12.9. The minimum Gasteiger partial charge on any atom is -0.326 e. The van der Waals surface area contributed by atoms with Gasteiger partial charge in [-0.3, -0.25) is 0 Å². The molecule has 2 rings (SSSR count). The molecule has 0 aliphatic heterocycles. The highest BCUT2D eigenvalue weighted by atomic mass is 19.1. The third-order valence-corrected chi connectivity index (χ3v) is 3.04. The van der Waals surface area contributed by atoms with Crippen LogP contribution in [0.1, 0.15) is 22.7 Å². The summed E-state index contributed by atoms with van der Waals surface area (Å²) in [6.07, 6.45) is 0. The van der Waals surface area contributed by atoms with Gasteiger partial charge in [0.25, 0.3) is 0 Å². The molecule has 0 amide bonds. The summed E-state index contributed by atoms with van der Waals surface area (Å²) in [6, 6.07) is 14.8. The van der Waals surface area contributed by atoms with Gasteiger partial charge in [0, 0.05) is 6.54 Å². The number of benzene rings is 2. The summed E-state index contributed by atoms with van der Waals surface area (Å²) in [5.74, 6) is -0.216. The van der Waals surface area contributed by atoms with Gasteiger partial charge in [0.05, 0.1) is 6.04 Å². The molecular formula is C15H17FN2. The van der Waals surface area contributed by atoms with Crippen LogP contribution in [0.15, 0.2) is 48.5 Å². The fourth-order valence-electron chi connectivity index (χ4n) is 2.03. The molecule has 0 spiro atoms. The van der Waals surface area contributed by atoms with E-state index >= 15 is 0 Å². The van der Waals surface area contributed by atoms with E-state index in [0.717, 1.165) is 16.7 Å². The Morgan fingerprint density at radius 3 is 1.94 bits per heavy atom. The van der Waals surface area contributed by atoms with Gasteiger partial charge >= 0.3 is 0 Å². The van der Waals surface area contributed by atoms with Crippen LogP contribution in [0.5, 0.6) is 0 Å². The predicted molar refractivity (Wildman–Crippen MR) is 71.6 cm³/mol. The van der Waals surface area contributed by atoms with E-state index in [1.54, 1.807) is 12.1 Å². The maximum atomic E-state index is 12.9. The molecule has 0 aromatic heterocycles. The lowest BCUT2D eigenvalue weighted by Gasteiger charge is -2.17. The molecule has 3 heteroatoms. The normalized spacial score (nSPS) is 12.4. The highest BCUT2D eigenvalue weighted by Gasteiger charge is 2.11. The Hall–Kier alpha value is -1.71. The van der Waals surface area contributed by atoms with E-state index in [1.165, 1.54) is 12.1 Å². The molecule has 0 aliphatic rings. The molecule has 2 aromatic carbocycles. The first-order valence-corrected chi connectivity index (χ1v) is 5.96. The van der Waals surface area contributed by atoms with Gasteiger partial charge in [-0.1, -0.05) is 36.4 Å². The maximum Gasteiger partial charge on any atom is 0.123 e. The summed E-state index contributed by atoms with van der Waals surface area (Å²) in [5, 5.41) is 3.24. The van der Waals surface area contributed by atoms with Crippen LogP contribution in [-0.2, 0) is 6.54 Å². The van der Waals surface area contributed by atoms with Crippen molar-refractivity contribution in [3.05, 3.63) is 71.0 Å². The van der Waals surface area contributed by atoms with Crippen molar-refractivity contribution >= 4 is 0 Å². The summed E-state index contributed by atoms with van der Waals surface area (Å²) >= 11 is 0. The fourth-order valence-corrected chi connectivity index (χ4v) is 2.03. The molecule has 2 nitrogen and oxygen atoms in total. The first-order valence-electron chi connectivity index (χ1n) is 5.96. The third-order valence-electron chi connectivity index (χ3n) is 3.04. The van der Waals surface area contributed by atoms with Crippen LogP contribution in [-0.4, -0.2) is 7.05 Å². The molecule has 3 N–H and O–H groups in total. The quantitative estimate of drug-likeness (QED) is 0.867. The van der Waals surface area contributed by atoms with Gasteiger partial charge in [0.15, 0.2) is 0 Å². The van der Waals surface area contributed by atoms with Crippen molar-refractivity contribution in [3.8, 4) is 0 Å². The van der Waals surface area contributed by atoms with Gasteiger partial charge in [-0.05, 0) is 35.9 Å². The Balaban J connectivity index is 2.29. The average molecular weight is 244 g/mol. The Morgan fingerprint density at radius 2 is 1.50 bits per heavy atom. The molecule has 0 radical (unpaired) electrons. The second kappa shape index (κ2) is 5.76. The summed E-state index contributed by atoms with van der Waals surface area (Å²) in [6.45, 7) is 0.543. The summed E-state index contributed by atoms with van der Waals surface area (Å²) in [4.78, 5) is 0. The van der Waals surface area contributed by atoms with Crippen LogP contribution in [0, 0.1) is 5.82 Å². The van der Waals surface area contributed by atoms with Crippen LogP contribution in [0.3, 0.4) is 0 Å². The Morgan fingerprint density at radius 1 is 1.00 bits per heavy atom. The largest absolute Gasteiger partial charge is 0.326 e. The highest BCUT2D eigenvalue weighted by Crippen LogP contribution is 2.22. The molecular weight excluding hydrogens is 227 g/mol. The monoisotopic (exact) mass is 244 g/mol. The zero-order valence-electron chi connectivity index (χ0n) is 10.4. The van der Waals surface area contributed by atoms with Gasteiger partial charge in [-0.15, -0.1) is 0 Å². The van der Waals surface area contributed by atoms with Crippen molar-refractivity contribution in [2.45, 2.75) is 12.6 Å². The van der Waals surface area contributed by atoms with Gasteiger partial charge in [0.2, 0.25) is 0 Å². The van der Waals surface area contributed by atoms with E-state index in [9.17, 15) is 4.39 Å². The fraction of sp³-hybridized carbons (Fsp3) is 0.200. The summed E-state index contributed by atoms with van der Waals surface area (Å²) in [5.41, 5.74) is 8.86. The first-order chi connectivity index (χ1) is 8.74. The zero-order chi connectivity index (χ0) is 13.0. The Kier molecular flexibility index (Phi) is 4.07. The summed E-state index contributed by atoms with van der Waals surface area (Å²) in [7, 11) is 1.89. The molecule has 0 saturated carbocycles. The molecule has 0 aliphatic carbocycles. The number of rotatable bonds is 4. The molecule has 2 aromatic rings. The third kappa shape index (κ3) is 2.75. The van der Waals surface area contributed by atoms with E-state index in [1.807, 2.05) is 31.3 Å². The molecule has 0 bridgehead atoms. The number of halogens is 1. The van der Waals surface area contributed by atoms with Crippen LogP contribution in [0.2, 0.25) is 0 Å². The molecule has 1 unspecified atom stereocenters. The van der Waals surface area contributed by atoms with E-state index in [4.69, 9.17) is 5.73 Å². The first kappa shape index (κ1) is 12.7. The van der Waals surface area contributed by atoms with Gasteiger partial charge in [0.1, 0.15) is 5.82 Å². The van der Waals surface area contributed by atoms with Crippen molar-refractivity contribution in [2.24, 2.45) is 5.73 Å². The van der Waals surface area contributed by atoms with Gasteiger partial charge in [-0.2, -0.15) is 0 Å². The number of nitrogens with one attached hydrogen (secondary N) is 1. The van der Waals surface area contributed by atoms with Crippen molar-refractivity contribution in [2.75, 3.05) is 7.05 Å². The van der Waals surface area contributed by atoms with Crippen molar-refractivity contribution < 1.29 is 4.39 Å². The molecule has 0 saturated heterocycles. The van der Waals surface area contributed by atoms with Crippen LogP contribution in [0.25, 0.3) is 0 Å². The standard InChI is InChI=1S/C15H17FN2/c1-18-15(13-6-8-14(16)9-7-13)12-4-2-11(10-17)3-5-12/h2-9,15,18H,10,17H2,1H3. The van der Waals surface area contributed by atoms with E-state index < -0.39 is 0 Å². The Bertz CT molecular complexity index is 491. The van der Waals surface area contributed by atoms with Crippen molar-refractivity contribution in [3.63, 3.8) is 0 Å². The van der Waals surface area contributed by atoms with Crippen molar-refractivity contribution in [1.82, 2.24) is 5.32 Å². The van der Waals surface area contributed by atoms with Crippen LogP contribution < -0.4 is 11.1 Å². The lowest BCUT2D eigenvalue weighted by Crippen LogP contribution is -2.17. The maximum absolute atomic E-state index is 12.9. The molecule has 0 heterocycles. The Labute approximate surface area is 107 Å². The molecule has 1 atom stereocenters. The van der Waals surface area contributed by atoms with Gasteiger partial charge in [-0.25, -0.2) is 4.39 Å². The lowest BCUT2D eigenvalue weighted by molar-refractivity contribution is 0.623. The van der Waals surface area contributed by atoms with E-state index in [2.05, 4.69) is 5.32 Å². The smallest absolute Gasteiger partial charge is 0.123 e. The molecule has 0 fully saturated rings. The highest BCUT2D eigenvalue weighted by molar-refractivity contribution is 5.33. The molecule has 94 valence electrons. The lowest BCUT2D eigenvalue weighted by atomic mass is 9.98. The van der Waals surface area contributed by atoms with E-state index in [-0.39, 0.29) is 11.9 Å². The van der Waals surface area contributed by atoms with Crippen LogP contribution in [0.4, 0.5) is 4.39 Å². The van der Waals surface area contributed by atoms with Crippen LogP contribution >= 0.6 is 0 Å². The van der Waals surface area contributed by atoms with Gasteiger partial charge < -0.3 is 11.1 Å². The average Bonchev–Trinajstić information content (AvgIpc) is 2.42. The van der Waals surface area contributed by atoms with Crippen molar-refractivity contribution in [1.29, 1.82) is 0 Å². The molecule has 18 heavy (non-hydrogen) atoms.